The molecule has 2 aromatic rings. The SMILES string of the molecule is CC[C@@H](C)[C@H](NC(=O)N1CCc2[nH]cnc2C1c1ccc(Cl)cc1)C(=O)OC. The Kier molecular flexibility index (Phi) is 6.24. The molecule has 1 aromatic heterocycles. The van der Waals surface area contributed by atoms with E-state index < -0.39 is 12.0 Å². The Bertz CT molecular complexity index is 836. The fourth-order valence-electron chi connectivity index (χ4n) is 3.49. The van der Waals surface area contributed by atoms with E-state index in [1.54, 1.807) is 23.4 Å². The van der Waals surface area contributed by atoms with Crippen LogP contribution in [0.5, 0.6) is 0 Å². The van der Waals surface area contributed by atoms with E-state index in [1.165, 1.54) is 7.11 Å². The first-order valence-electron chi connectivity index (χ1n) is 9.38. The highest BCUT2D eigenvalue weighted by Gasteiger charge is 2.36. The molecule has 2 N–H and O–H groups in total. The van der Waals surface area contributed by atoms with Crippen molar-refractivity contribution in [3.63, 3.8) is 0 Å². The first kappa shape index (κ1) is 20.2. The van der Waals surface area contributed by atoms with Crippen molar-refractivity contribution in [2.75, 3.05) is 13.7 Å². The lowest BCUT2D eigenvalue weighted by atomic mass is 9.95. The fraction of sp³-hybridized carbons (Fsp3) is 0.450. The van der Waals surface area contributed by atoms with Crippen molar-refractivity contribution in [3.05, 3.63) is 52.6 Å². The zero-order valence-corrected chi connectivity index (χ0v) is 17.0. The van der Waals surface area contributed by atoms with Gasteiger partial charge in [-0.05, 0) is 23.6 Å². The summed E-state index contributed by atoms with van der Waals surface area (Å²) in [6.07, 6.45) is 3.05. The molecule has 0 spiro atoms. The Morgan fingerprint density at radius 1 is 1.39 bits per heavy atom. The van der Waals surface area contributed by atoms with Gasteiger partial charge in [0.25, 0.3) is 0 Å². The molecular formula is C20H25ClN4O3. The number of amides is 2. The summed E-state index contributed by atoms with van der Waals surface area (Å²) in [5.74, 6) is -0.487. The van der Waals surface area contributed by atoms with E-state index in [0.29, 0.717) is 18.0 Å². The molecule has 0 aliphatic carbocycles. The van der Waals surface area contributed by atoms with Crippen molar-refractivity contribution in [3.8, 4) is 0 Å². The predicted octanol–water partition coefficient (Wildman–Crippen LogP) is 3.31. The Labute approximate surface area is 169 Å². The van der Waals surface area contributed by atoms with Gasteiger partial charge in [-0.15, -0.1) is 0 Å². The average Bonchev–Trinajstić information content (AvgIpc) is 3.19. The molecule has 1 unspecified atom stereocenters. The molecule has 1 aromatic carbocycles. The number of hydrogen-bond donors (Lipinski definition) is 2. The van der Waals surface area contributed by atoms with Crippen LogP contribution in [0, 0.1) is 5.92 Å². The lowest BCUT2D eigenvalue weighted by molar-refractivity contribution is -0.144. The lowest BCUT2D eigenvalue weighted by Crippen LogP contribution is -2.53. The number of hydrogen-bond acceptors (Lipinski definition) is 4. The third-order valence-electron chi connectivity index (χ3n) is 5.32. The van der Waals surface area contributed by atoms with Crippen LogP contribution < -0.4 is 5.32 Å². The molecule has 8 heteroatoms. The minimum Gasteiger partial charge on any atom is -0.467 e. The third-order valence-corrected chi connectivity index (χ3v) is 5.57. The van der Waals surface area contributed by atoms with Crippen LogP contribution in [-0.4, -0.2) is 46.6 Å². The number of ether oxygens (including phenoxy) is 1. The quantitative estimate of drug-likeness (QED) is 0.748. The standard InChI is InChI=1S/C20H25ClN4O3/c1-4-12(2)16(19(26)28-3)24-20(27)25-10-9-15-17(23-11-22-15)18(25)13-5-7-14(21)8-6-13/h5-8,11-12,16,18H,4,9-10H2,1-3H3,(H,22,23)(H,24,27)/t12-,16+,18?/m1/s1. The van der Waals surface area contributed by atoms with Crippen LogP contribution >= 0.6 is 11.6 Å². The van der Waals surface area contributed by atoms with E-state index in [-0.39, 0.29) is 18.0 Å². The van der Waals surface area contributed by atoms with Gasteiger partial charge < -0.3 is 19.9 Å². The summed E-state index contributed by atoms with van der Waals surface area (Å²) in [5.41, 5.74) is 2.73. The largest absolute Gasteiger partial charge is 0.467 e. The van der Waals surface area contributed by atoms with Gasteiger partial charge in [0, 0.05) is 23.7 Å². The zero-order valence-electron chi connectivity index (χ0n) is 16.2. The lowest BCUT2D eigenvalue weighted by Gasteiger charge is -2.36. The molecular weight excluding hydrogens is 380 g/mol. The number of aromatic amines is 1. The molecule has 7 nitrogen and oxygen atoms in total. The van der Waals surface area contributed by atoms with Gasteiger partial charge in [-0.3, -0.25) is 0 Å². The van der Waals surface area contributed by atoms with Crippen LogP contribution in [0.25, 0.3) is 0 Å². The van der Waals surface area contributed by atoms with Crippen LogP contribution in [0.15, 0.2) is 30.6 Å². The topological polar surface area (TPSA) is 87.3 Å². The highest BCUT2D eigenvalue weighted by Crippen LogP contribution is 2.34. The van der Waals surface area contributed by atoms with Crippen LogP contribution in [0.1, 0.15) is 43.3 Å². The number of methoxy groups -OCH3 is 1. The molecule has 1 aliphatic heterocycles. The van der Waals surface area contributed by atoms with E-state index in [0.717, 1.165) is 23.4 Å². The smallest absolute Gasteiger partial charge is 0.328 e. The molecule has 0 saturated heterocycles. The summed E-state index contributed by atoms with van der Waals surface area (Å²) < 4.78 is 4.89. The second-order valence-corrected chi connectivity index (χ2v) is 7.44. The number of H-pyrrole nitrogens is 1. The Morgan fingerprint density at radius 3 is 2.75 bits per heavy atom. The second kappa shape index (κ2) is 8.65. The number of urea groups is 1. The Morgan fingerprint density at radius 2 is 2.11 bits per heavy atom. The maximum absolute atomic E-state index is 13.2. The number of nitrogens with one attached hydrogen (secondary N) is 2. The van der Waals surface area contributed by atoms with Gasteiger partial charge in [-0.25, -0.2) is 14.6 Å². The van der Waals surface area contributed by atoms with Crippen LogP contribution in [-0.2, 0) is 16.0 Å². The summed E-state index contributed by atoms with van der Waals surface area (Å²) in [6, 6.07) is 6.00. The van der Waals surface area contributed by atoms with Crippen molar-refractivity contribution >= 4 is 23.6 Å². The highest BCUT2D eigenvalue weighted by molar-refractivity contribution is 6.30. The number of nitrogens with zero attached hydrogens (tertiary/aromatic N) is 2. The predicted molar refractivity (Wildman–Crippen MR) is 106 cm³/mol. The molecule has 3 atom stereocenters. The Balaban J connectivity index is 1.91. The van der Waals surface area contributed by atoms with E-state index in [9.17, 15) is 9.59 Å². The number of fused-ring (bicyclic) bond motifs is 1. The van der Waals surface area contributed by atoms with Gasteiger partial charge in [-0.2, -0.15) is 0 Å². The highest BCUT2D eigenvalue weighted by atomic mass is 35.5. The molecule has 2 amide bonds. The van der Waals surface area contributed by atoms with Crippen LogP contribution in [0.4, 0.5) is 4.79 Å². The van der Waals surface area contributed by atoms with Gasteiger partial charge in [0.05, 0.1) is 19.1 Å². The number of carbonyl (C=O) groups is 2. The van der Waals surface area contributed by atoms with E-state index in [2.05, 4.69) is 15.3 Å². The van der Waals surface area contributed by atoms with Crippen molar-refractivity contribution in [2.24, 2.45) is 5.92 Å². The van der Waals surface area contributed by atoms with Gasteiger partial charge in [-0.1, -0.05) is 44.0 Å². The van der Waals surface area contributed by atoms with E-state index in [4.69, 9.17) is 16.3 Å². The minimum atomic E-state index is -0.700. The zero-order chi connectivity index (χ0) is 20.3. The van der Waals surface area contributed by atoms with Crippen molar-refractivity contribution in [1.82, 2.24) is 20.2 Å². The van der Waals surface area contributed by atoms with Crippen molar-refractivity contribution in [2.45, 2.75) is 38.8 Å². The first-order valence-corrected chi connectivity index (χ1v) is 9.76. The molecule has 2 heterocycles. The Hall–Kier alpha value is -2.54. The van der Waals surface area contributed by atoms with Gasteiger partial charge >= 0.3 is 12.0 Å². The molecule has 1 aliphatic rings. The third kappa shape index (κ3) is 3.99. The number of rotatable bonds is 5. The summed E-state index contributed by atoms with van der Waals surface area (Å²) in [5, 5.41) is 3.50. The molecule has 150 valence electrons. The molecule has 3 rings (SSSR count). The van der Waals surface area contributed by atoms with Crippen molar-refractivity contribution in [1.29, 1.82) is 0 Å². The van der Waals surface area contributed by atoms with E-state index in [1.807, 2.05) is 26.0 Å². The number of aromatic nitrogens is 2. The summed E-state index contributed by atoms with van der Waals surface area (Å²) in [4.78, 5) is 34.7. The van der Waals surface area contributed by atoms with Gasteiger partial charge in [0.2, 0.25) is 0 Å². The first-order chi connectivity index (χ1) is 13.5. The maximum Gasteiger partial charge on any atom is 0.328 e. The van der Waals surface area contributed by atoms with Gasteiger partial charge in [0.15, 0.2) is 0 Å². The monoisotopic (exact) mass is 404 g/mol. The normalized spacial score (nSPS) is 18.1. The number of benzene rings is 1. The van der Waals surface area contributed by atoms with Gasteiger partial charge in [0.1, 0.15) is 12.1 Å². The molecule has 0 fully saturated rings. The molecule has 28 heavy (non-hydrogen) atoms. The molecule has 0 saturated carbocycles. The molecule has 0 bridgehead atoms. The van der Waals surface area contributed by atoms with E-state index >= 15 is 0 Å². The van der Waals surface area contributed by atoms with Crippen LogP contribution in [0.2, 0.25) is 5.02 Å². The number of halogens is 1. The van der Waals surface area contributed by atoms with Crippen LogP contribution in [0.3, 0.4) is 0 Å². The number of imidazole rings is 1. The minimum absolute atomic E-state index is 0.0453. The number of carbonyl (C=O) groups excluding carboxylic acids is 2. The number of esters is 1. The second-order valence-electron chi connectivity index (χ2n) is 7.00. The molecule has 0 radical (unpaired) electrons. The maximum atomic E-state index is 13.2. The summed E-state index contributed by atoms with van der Waals surface area (Å²) in [6.45, 7) is 4.39. The van der Waals surface area contributed by atoms with Crippen molar-refractivity contribution < 1.29 is 14.3 Å². The average molecular weight is 405 g/mol. The summed E-state index contributed by atoms with van der Waals surface area (Å²) in [7, 11) is 1.33. The summed E-state index contributed by atoms with van der Waals surface area (Å²) >= 11 is 6.03. The fourth-order valence-corrected chi connectivity index (χ4v) is 3.62.